The third-order valence-corrected chi connectivity index (χ3v) is 5.47. The first-order chi connectivity index (χ1) is 12.7. The molecule has 1 heterocycles. The van der Waals surface area contributed by atoms with Crippen molar-refractivity contribution >= 4 is 43.7 Å². The van der Waals surface area contributed by atoms with Gasteiger partial charge in [0.05, 0.1) is 32.7 Å². The standard InChI is InChI=1S/C18H15NO7S/c1-3-25-18(23)19-27(2,24)11-5-7-15-13(9-11)16(20)12-8-10(17(21)22)4-6-14(12)26-15/h4-9H,3H2,1-2H3,(H,21,22). The summed E-state index contributed by atoms with van der Waals surface area (Å²) in [5.74, 6) is -1.17. The van der Waals surface area contributed by atoms with Crippen molar-refractivity contribution in [2.45, 2.75) is 11.8 Å². The van der Waals surface area contributed by atoms with Gasteiger partial charge < -0.3 is 14.3 Å². The summed E-state index contributed by atoms with van der Waals surface area (Å²) in [6.45, 7) is 1.69. The topological polar surface area (TPSA) is 123 Å². The Morgan fingerprint density at radius 1 is 1.15 bits per heavy atom. The van der Waals surface area contributed by atoms with Gasteiger partial charge in [0.1, 0.15) is 11.2 Å². The van der Waals surface area contributed by atoms with Gasteiger partial charge in [-0.25, -0.2) is 13.8 Å². The largest absolute Gasteiger partial charge is 0.478 e. The van der Waals surface area contributed by atoms with Crippen molar-refractivity contribution in [3.63, 3.8) is 0 Å². The number of carboxylic acids is 1. The number of benzene rings is 2. The first-order valence-corrected chi connectivity index (χ1v) is 9.78. The molecule has 3 aromatic rings. The van der Waals surface area contributed by atoms with Crippen molar-refractivity contribution in [2.24, 2.45) is 4.36 Å². The second-order valence-electron chi connectivity index (χ2n) is 5.70. The molecule has 1 amide bonds. The van der Waals surface area contributed by atoms with Crippen LogP contribution >= 0.6 is 0 Å². The highest BCUT2D eigenvalue weighted by atomic mass is 32.2. The van der Waals surface area contributed by atoms with Gasteiger partial charge >= 0.3 is 12.1 Å². The van der Waals surface area contributed by atoms with Crippen molar-refractivity contribution in [1.29, 1.82) is 0 Å². The van der Waals surface area contributed by atoms with Crippen LogP contribution in [0, 0.1) is 0 Å². The van der Waals surface area contributed by atoms with Crippen molar-refractivity contribution in [3.05, 3.63) is 52.2 Å². The Kier molecular flexibility index (Phi) is 4.71. The maximum absolute atomic E-state index is 12.8. The third kappa shape index (κ3) is 3.54. The fraction of sp³-hybridized carbons (Fsp3) is 0.167. The van der Waals surface area contributed by atoms with Gasteiger partial charge in [0.2, 0.25) is 5.43 Å². The predicted molar refractivity (Wildman–Crippen MR) is 98.7 cm³/mol. The van der Waals surface area contributed by atoms with Crippen molar-refractivity contribution in [3.8, 4) is 0 Å². The van der Waals surface area contributed by atoms with Crippen LogP contribution in [0.4, 0.5) is 4.79 Å². The Morgan fingerprint density at radius 3 is 2.41 bits per heavy atom. The van der Waals surface area contributed by atoms with Crippen LogP contribution < -0.4 is 5.43 Å². The normalized spacial score (nSPS) is 13.3. The maximum atomic E-state index is 12.8. The number of aromatic carboxylic acids is 1. The molecule has 1 atom stereocenters. The molecule has 0 radical (unpaired) electrons. The molecule has 0 saturated carbocycles. The Morgan fingerprint density at radius 2 is 1.78 bits per heavy atom. The molecule has 0 saturated heterocycles. The summed E-state index contributed by atoms with van der Waals surface area (Å²) in [4.78, 5) is 35.6. The number of carbonyl (C=O) groups is 2. The van der Waals surface area contributed by atoms with Crippen LogP contribution in [0.3, 0.4) is 0 Å². The SMILES string of the molecule is CCOC(=O)N=S(C)(=O)c1ccc2oc3ccc(C(=O)O)cc3c(=O)c2c1. The average Bonchev–Trinajstić information content (AvgIpc) is 2.61. The molecule has 3 rings (SSSR count). The summed E-state index contributed by atoms with van der Waals surface area (Å²) in [7, 11) is -3.14. The fourth-order valence-corrected chi connectivity index (χ4v) is 3.65. The molecule has 1 N–H and O–H groups in total. The number of ether oxygens (including phenoxy) is 1. The second kappa shape index (κ2) is 6.84. The average molecular weight is 389 g/mol. The maximum Gasteiger partial charge on any atom is 0.442 e. The van der Waals surface area contributed by atoms with Crippen LogP contribution in [0.1, 0.15) is 17.3 Å². The molecule has 0 bridgehead atoms. The van der Waals surface area contributed by atoms with Gasteiger partial charge in [-0.2, -0.15) is 0 Å². The van der Waals surface area contributed by atoms with Crippen molar-refractivity contribution < 1.29 is 28.1 Å². The Balaban J connectivity index is 2.25. The summed E-state index contributed by atoms with van der Waals surface area (Å²) in [6, 6.07) is 8.21. The van der Waals surface area contributed by atoms with E-state index in [0.29, 0.717) is 0 Å². The van der Waals surface area contributed by atoms with E-state index in [9.17, 15) is 18.6 Å². The summed E-state index contributed by atoms with van der Waals surface area (Å²) in [5, 5.41) is 9.30. The molecule has 8 nitrogen and oxygen atoms in total. The number of carbonyl (C=O) groups excluding carboxylic acids is 1. The molecular formula is C18H15NO7S. The van der Waals surface area contributed by atoms with Crippen LogP contribution in [0.5, 0.6) is 0 Å². The minimum absolute atomic E-state index is 0.0538. The molecule has 1 aromatic heterocycles. The first kappa shape index (κ1) is 18.6. The Labute approximate surface area is 153 Å². The molecule has 0 aliphatic carbocycles. The molecular weight excluding hydrogens is 374 g/mol. The minimum Gasteiger partial charge on any atom is -0.478 e. The number of rotatable bonds is 3. The van der Waals surface area contributed by atoms with E-state index in [0.717, 1.165) is 0 Å². The van der Waals surface area contributed by atoms with E-state index in [2.05, 4.69) is 9.10 Å². The molecule has 0 spiro atoms. The van der Waals surface area contributed by atoms with Gasteiger partial charge in [-0.3, -0.25) is 4.79 Å². The highest BCUT2D eigenvalue weighted by molar-refractivity contribution is 7.93. The molecule has 140 valence electrons. The molecule has 0 aliphatic heterocycles. The quantitative estimate of drug-likeness (QED) is 0.682. The Hall–Kier alpha value is -3.20. The fourth-order valence-electron chi connectivity index (χ4n) is 2.55. The zero-order valence-electron chi connectivity index (χ0n) is 14.4. The Bertz CT molecular complexity index is 1270. The van der Waals surface area contributed by atoms with Gasteiger partial charge in [0.25, 0.3) is 0 Å². The number of fused-ring (bicyclic) bond motifs is 2. The zero-order chi connectivity index (χ0) is 19.8. The van der Waals surface area contributed by atoms with E-state index in [4.69, 9.17) is 9.52 Å². The van der Waals surface area contributed by atoms with E-state index in [1.807, 2.05) is 0 Å². The van der Waals surface area contributed by atoms with Crippen LogP contribution in [0.15, 0.2) is 54.9 Å². The van der Waals surface area contributed by atoms with Crippen LogP contribution in [-0.4, -0.2) is 34.2 Å². The lowest BCUT2D eigenvalue weighted by molar-refractivity contribution is 0.0697. The highest BCUT2D eigenvalue weighted by Crippen LogP contribution is 2.23. The van der Waals surface area contributed by atoms with Crippen molar-refractivity contribution in [1.82, 2.24) is 0 Å². The lowest BCUT2D eigenvalue weighted by atomic mass is 10.1. The predicted octanol–water partition coefficient (Wildman–Crippen LogP) is 3.26. The van der Waals surface area contributed by atoms with E-state index >= 15 is 0 Å². The van der Waals surface area contributed by atoms with Crippen LogP contribution in [0.25, 0.3) is 21.9 Å². The minimum atomic E-state index is -3.14. The number of nitrogens with zero attached hydrogens (tertiary/aromatic N) is 1. The smallest absolute Gasteiger partial charge is 0.442 e. The van der Waals surface area contributed by atoms with Gasteiger partial charge in [-0.05, 0) is 43.3 Å². The number of hydrogen-bond donors (Lipinski definition) is 1. The van der Waals surface area contributed by atoms with Crippen LogP contribution in [-0.2, 0) is 14.5 Å². The van der Waals surface area contributed by atoms with Gasteiger partial charge in [-0.15, -0.1) is 4.36 Å². The van der Waals surface area contributed by atoms with E-state index in [1.165, 1.54) is 42.7 Å². The lowest BCUT2D eigenvalue weighted by Crippen LogP contribution is -2.08. The molecule has 27 heavy (non-hydrogen) atoms. The number of hydrogen-bond acceptors (Lipinski definition) is 6. The van der Waals surface area contributed by atoms with E-state index in [-0.39, 0.29) is 39.0 Å². The second-order valence-corrected chi connectivity index (χ2v) is 7.96. The van der Waals surface area contributed by atoms with Crippen molar-refractivity contribution in [2.75, 3.05) is 12.9 Å². The number of carboxylic acid groups (broad SMARTS) is 1. The lowest BCUT2D eigenvalue weighted by Gasteiger charge is -2.07. The number of amides is 1. The summed E-state index contributed by atoms with van der Waals surface area (Å²) >= 11 is 0. The molecule has 9 heteroatoms. The van der Waals surface area contributed by atoms with E-state index < -0.39 is 27.2 Å². The van der Waals surface area contributed by atoms with Gasteiger partial charge in [-0.1, -0.05) is 0 Å². The summed E-state index contributed by atoms with van der Waals surface area (Å²) in [5.41, 5.74) is -0.0474. The molecule has 0 aliphatic rings. The molecule has 0 fully saturated rings. The zero-order valence-corrected chi connectivity index (χ0v) is 15.2. The van der Waals surface area contributed by atoms with Gasteiger partial charge in [0.15, 0.2) is 0 Å². The molecule has 2 aromatic carbocycles. The molecule has 1 unspecified atom stereocenters. The third-order valence-electron chi connectivity index (χ3n) is 3.84. The monoisotopic (exact) mass is 389 g/mol. The van der Waals surface area contributed by atoms with Gasteiger partial charge in [0, 0.05) is 11.2 Å². The summed E-state index contributed by atoms with van der Waals surface area (Å²) < 4.78 is 26.6. The first-order valence-electron chi connectivity index (χ1n) is 7.86. The van der Waals surface area contributed by atoms with E-state index in [1.54, 1.807) is 6.92 Å². The highest BCUT2D eigenvalue weighted by Gasteiger charge is 2.15. The van der Waals surface area contributed by atoms with Crippen LogP contribution in [0.2, 0.25) is 0 Å². The summed E-state index contributed by atoms with van der Waals surface area (Å²) in [6.07, 6.45) is 0.303.